The zero-order valence-corrected chi connectivity index (χ0v) is 13.7. The summed E-state index contributed by atoms with van der Waals surface area (Å²) in [7, 11) is 0. The van der Waals surface area contributed by atoms with Crippen molar-refractivity contribution in [3.8, 4) is 5.88 Å². The molecule has 1 aromatic rings. The van der Waals surface area contributed by atoms with Crippen LogP contribution in [0.3, 0.4) is 0 Å². The molecule has 1 saturated carbocycles. The molecular weight excluding hydrogens is 280 g/mol. The third-order valence-corrected chi connectivity index (χ3v) is 3.99. The second-order valence-corrected chi connectivity index (χ2v) is 5.86. The number of carbonyl (C=O) groups is 1. The summed E-state index contributed by atoms with van der Waals surface area (Å²) in [6.07, 6.45) is 5.82. The third-order valence-electron chi connectivity index (χ3n) is 3.99. The first-order valence-corrected chi connectivity index (χ1v) is 8.14. The molecule has 1 N–H and O–H groups in total. The van der Waals surface area contributed by atoms with Gasteiger partial charge in [0.1, 0.15) is 5.60 Å². The topological polar surface area (TPSA) is 60.5 Å². The number of hydrogen-bond acceptors (Lipinski definition) is 4. The largest absolute Gasteiger partial charge is 0.478 e. The van der Waals surface area contributed by atoms with Crippen LogP contribution in [0.15, 0.2) is 18.3 Å². The number of amides is 1. The molecule has 0 saturated heterocycles. The zero-order chi connectivity index (χ0) is 16.0. The lowest BCUT2D eigenvalue weighted by Gasteiger charge is -2.28. The Kier molecular flexibility index (Phi) is 5.77. The SMILES string of the molecule is CCCCOc1ccc(NC(=O)[C@](C)(OCC)C2CC2)cn1. The Balaban J connectivity index is 1.93. The van der Waals surface area contributed by atoms with Crippen LogP contribution < -0.4 is 10.1 Å². The fourth-order valence-electron chi connectivity index (χ4n) is 2.42. The number of aromatic nitrogens is 1. The average Bonchev–Trinajstić information content (AvgIpc) is 3.34. The first kappa shape index (κ1) is 16.7. The maximum absolute atomic E-state index is 12.5. The van der Waals surface area contributed by atoms with Crippen molar-refractivity contribution in [2.45, 2.75) is 52.1 Å². The van der Waals surface area contributed by atoms with Gasteiger partial charge in [-0.15, -0.1) is 0 Å². The number of rotatable bonds is 9. The summed E-state index contributed by atoms with van der Waals surface area (Å²) < 4.78 is 11.2. The first-order valence-electron chi connectivity index (χ1n) is 8.14. The van der Waals surface area contributed by atoms with E-state index in [1.807, 2.05) is 19.9 Å². The second-order valence-electron chi connectivity index (χ2n) is 5.86. The van der Waals surface area contributed by atoms with E-state index in [0.29, 0.717) is 30.7 Å². The van der Waals surface area contributed by atoms with E-state index in [2.05, 4.69) is 17.2 Å². The number of anilines is 1. The molecule has 0 radical (unpaired) electrons. The van der Waals surface area contributed by atoms with Gasteiger partial charge in [0.2, 0.25) is 5.88 Å². The number of carbonyl (C=O) groups excluding carboxylic acids is 1. The van der Waals surface area contributed by atoms with Gasteiger partial charge in [-0.05, 0) is 45.1 Å². The number of nitrogens with one attached hydrogen (secondary N) is 1. The summed E-state index contributed by atoms with van der Waals surface area (Å²) >= 11 is 0. The molecule has 2 rings (SSSR count). The van der Waals surface area contributed by atoms with E-state index in [1.54, 1.807) is 12.3 Å². The minimum absolute atomic E-state index is 0.0988. The molecule has 1 aliphatic rings. The highest BCUT2D eigenvalue weighted by molar-refractivity contribution is 5.97. The van der Waals surface area contributed by atoms with E-state index in [9.17, 15) is 4.79 Å². The lowest BCUT2D eigenvalue weighted by atomic mass is 9.99. The maximum Gasteiger partial charge on any atom is 0.256 e. The number of nitrogens with zero attached hydrogens (tertiary/aromatic N) is 1. The molecule has 1 atom stereocenters. The van der Waals surface area contributed by atoms with Crippen molar-refractivity contribution in [2.24, 2.45) is 5.92 Å². The van der Waals surface area contributed by atoms with Gasteiger partial charge in [0, 0.05) is 12.7 Å². The molecule has 0 aliphatic heterocycles. The van der Waals surface area contributed by atoms with Crippen molar-refractivity contribution in [1.82, 2.24) is 4.98 Å². The Bertz CT molecular complexity index is 485. The van der Waals surface area contributed by atoms with Crippen LogP contribution in [-0.4, -0.2) is 29.7 Å². The Hall–Kier alpha value is -1.62. The maximum atomic E-state index is 12.5. The standard InChI is InChI=1S/C17H26N2O3/c1-4-6-11-21-15-10-9-14(12-18-15)19-16(20)17(3,22-5-2)13-7-8-13/h9-10,12-13H,4-8,11H2,1-3H3,(H,19,20)/t17-/m1/s1. The van der Waals surface area contributed by atoms with Crippen LogP contribution in [0.25, 0.3) is 0 Å². The van der Waals surface area contributed by atoms with Gasteiger partial charge >= 0.3 is 0 Å². The Morgan fingerprint density at radius 3 is 2.73 bits per heavy atom. The van der Waals surface area contributed by atoms with E-state index in [1.165, 1.54) is 0 Å². The Labute approximate surface area is 132 Å². The number of hydrogen-bond donors (Lipinski definition) is 1. The Morgan fingerprint density at radius 1 is 1.41 bits per heavy atom. The minimum Gasteiger partial charge on any atom is -0.478 e. The molecule has 5 nitrogen and oxygen atoms in total. The van der Waals surface area contributed by atoms with Crippen LogP contribution >= 0.6 is 0 Å². The lowest BCUT2D eigenvalue weighted by molar-refractivity contribution is -0.141. The van der Waals surface area contributed by atoms with Crippen LogP contribution in [0.5, 0.6) is 5.88 Å². The molecule has 0 bridgehead atoms. The highest BCUT2D eigenvalue weighted by atomic mass is 16.5. The molecule has 1 amide bonds. The average molecular weight is 306 g/mol. The number of unbranched alkanes of at least 4 members (excludes halogenated alkanes) is 1. The lowest BCUT2D eigenvalue weighted by Crippen LogP contribution is -2.44. The van der Waals surface area contributed by atoms with E-state index in [-0.39, 0.29) is 5.91 Å². The van der Waals surface area contributed by atoms with Gasteiger partial charge in [0.15, 0.2) is 0 Å². The normalized spacial score (nSPS) is 16.9. The summed E-state index contributed by atoms with van der Waals surface area (Å²) in [5.74, 6) is 0.802. The van der Waals surface area contributed by atoms with E-state index in [0.717, 1.165) is 25.7 Å². The summed E-state index contributed by atoms with van der Waals surface area (Å²) in [6, 6.07) is 3.59. The second kappa shape index (κ2) is 7.58. The number of pyridine rings is 1. The van der Waals surface area contributed by atoms with Gasteiger partial charge in [0.05, 0.1) is 18.5 Å². The van der Waals surface area contributed by atoms with Crippen molar-refractivity contribution in [3.05, 3.63) is 18.3 Å². The van der Waals surface area contributed by atoms with Crippen LogP contribution in [0.1, 0.15) is 46.5 Å². The summed E-state index contributed by atoms with van der Waals surface area (Å²) in [6.45, 7) is 7.10. The van der Waals surface area contributed by atoms with Crippen LogP contribution in [0.2, 0.25) is 0 Å². The van der Waals surface area contributed by atoms with Gasteiger partial charge in [-0.25, -0.2) is 4.98 Å². The molecule has 0 spiro atoms. The van der Waals surface area contributed by atoms with Gasteiger partial charge in [0.25, 0.3) is 5.91 Å². The summed E-state index contributed by atoms with van der Waals surface area (Å²) in [4.78, 5) is 16.7. The highest BCUT2D eigenvalue weighted by Gasteiger charge is 2.48. The fraction of sp³-hybridized carbons (Fsp3) is 0.647. The molecule has 122 valence electrons. The molecule has 5 heteroatoms. The predicted octanol–water partition coefficient (Wildman–Crippen LogP) is 3.40. The van der Waals surface area contributed by atoms with Gasteiger partial charge in [-0.2, -0.15) is 0 Å². The number of ether oxygens (including phenoxy) is 2. The van der Waals surface area contributed by atoms with Crippen molar-refractivity contribution >= 4 is 11.6 Å². The van der Waals surface area contributed by atoms with Crippen molar-refractivity contribution in [1.29, 1.82) is 0 Å². The summed E-state index contributed by atoms with van der Waals surface area (Å²) in [5, 5.41) is 2.90. The quantitative estimate of drug-likeness (QED) is 0.710. The molecule has 0 unspecified atom stereocenters. The van der Waals surface area contributed by atoms with Gasteiger partial charge in [-0.1, -0.05) is 13.3 Å². The van der Waals surface area contributed by atoms with Crippen LogP contribution in [0.4, 0.5) is 5.69 Å². The molecule has 1 aliphatic carbocycles. The van der Waals surface area contributed by atoms with E-state index >= 15 is 0 Å². The molecular formula is C17H26N2O3. The monoisotopic (exact) mass is 306 g/mol. The molecule has 1 heterocycles. The van der Waals surface area contributed by atoms with Crippen molar-refractivity contribution < 1.29 is 14.3 Å². The van der Waals surface area contributed by atoms with Crippen molar-refractivity contribution in [3.63, 3.8) is 0 Å². The summed E-state index contributed by atoms with van der Waals surface area (Å²) in [5.41, 5.74) is -0.0789. The zero-order valence-electron chi connectivity index (χ0n) is 13.7. The van der Waals surface area contributed by atoms with Crippen LogP contribution in [-0.2, 0) is 9.53 Å². The highest BCUT2D eigenvalue weighted by Crippen LogP contribution is 2.42. The van der Waals surface area contributed by atoms with E-state index in [4.69, 9.17) is 9.47 Å². The Morgan fingerprint density at radius 2 is 2.18 bits per heavy atom. The smallest absolute Gasteiger partial charge is 0.256 e. The molecule has 1 aromatic heterocycles. The van der Waals surface area contributed by atoms with E-state index < -0.39 is 5.60 Å². The third kappa shape index (κ3) is 4.19. The molecule has 22 heavy (non-hydrogen) atoms. The minimum atomic E-state index is -0.745. The predicted molar refractivity (Wildman–Crippen MR) is 86.0 cm³/mol. The fourth-order valence-corrected chi connectivity index (χ4v) is 2.42. The first-order chi connectivity index (χ1) is 10.6. The molecule has 1 fully saturated rings. The van der Waals surface area contributed by atoms with Gasteiger partial charge in [-0.3, -0.25) is 4.79 Å². The van der Waals surface area contributed by atoms with Gasteiger partial charge < -0.3 is 14.8 Å². The van der Waals surface area contributed by atoms with Crippen LogP contribution in [0, 0.1) is 5.92 Å². The van der Waals surface area contributed by atoms with Crippen molar-refractivity contribution in [2.75, 3.05) is 18.5 Å². The molecule has 0 aromatic carbocycles.